The summed E-state index contributed by atoms with van der Waals surface area (Å²) < 4.78 is 6.26. The first-order valence-corrected chi connectivity index (χ1v) is 6.68. The van der Waals surface area contributed by atoms with Crippen molar-refractivity contribution in [1.29, 1.82) is 0 Å². The molecule has 1 aromatic heterocycles. The minimum Gasteiger partial charge on any atom is -0.339 e. The van der Waals surface area contributed by atoms with E-state index in [1.807, 2.05) is 25.1 Å². The summed E-state index contributed by atoms with van der Waals surface area (Å²) in [6.07, 6.45) is 0.719. The van der Waals surface area contributed by atoms with Crippen molar-refractivity contribution in [3.05, 3.63) is 34.1 Å². The van der Waals surface area contributed by atoms with Gasteiger partial charge in [0.15, 0.2) is 0 Å². The Bertz CT molecular complexity index is 539. The van der Waals surface area contributed by atoms with E-state index in [0.717, 1.165) is 22.0 Å². The lowest BCUT2D eigenvalue weighted by atomic mass is 10.1. The lowest BCUT2D eigenvalue weighted by Crippen LogP contribution is -2.13. The highest BCUT2D eigenvalue weighted by atomic mass is 79.9. The average Bonchev–Trinajstić information content (AvgIpc) is 2.80. The second-order valence-corrected chi connectivity index (χ2v) is 5.43. The third-order valence-corrected chi connectivity index (χ3v) is 3.33. The van der Waals surface area contributed by atoms with Gasteiger partial charge in [0, 0.05) is 16.5 Å². The number of hydrogen-bond donors (Lipinski definition) is 1. The fourth-order valence-corrected chi connectivity index (χ4v) is 2.02. The maximum Gasteiger partial charge on any atom is 0.227 e. The number of nitrogens with two attached hydrogens (primary N) is 1. The fourth-order valence-electron chi connectivity index (χ4n) is 1.66. The van der Waals surface area contributed by atoms with E-state index in [9.17, 15) is 0 Å². The highest BCUT2D eigenvalue weighted by molar-refractivity contribution is 9.10. The van der Waals surface area contributed by atoms with Crippen LogP contribution in [0.5, 0.6) is 0 Å². The smallest absolute Gasteiger partial charge is 0.227 e. The molecule has 1 aromatic carbocycles. The number of aromatic nitrogens is 2. The van der Waals surface area contributed by atoms with Crippen molar-refractivity contribution in [1.82, 2.24) is 10.1 Å². The number of halogens is 1. The molecule has 0 fully saturated rings. The van der Waals surface area contributed by atoms with Crippen molar-refractivity contribution in [2.24, 2.45) is 11.7 Å². The number of benzene rings is 1. The van der Waals surface area contributed by atoms with E-state index < -0.39 is 0 Å². The molecule has 2 aromatic rings. The monoisotopic (exact) mass is 309 g/mol. The van der Waals surface area contributed by atoms with Crippen molar-refractivity contribution in [2.75, 3.05) is 6.54 Å². The lowest BCUT2D eigenvalue weighted by Gasteiger charge is -2.02. The van der Waals surface area contributed by atoms with Crippen molar-refractivity contribution < 1.29 is 4.52 Å². The Morgan fingerprint density at radius 2 is 2.22 bits per heavy atom. The Morgan fingerprint density at radius 1 is 1.44 bits per heavy atom. The zero-order valence-electron chi connectivity index (χ0n) is 10.5. The van der Waals surface area contributed by atoms with Crippen molar-refractivity contribution in [2.45, 2.75) is 20.3 Å². The molecule has 2 N–H and O–H groups in total. The van der Waals surface area contributed by atoms with Crippen LogP contribution in [0.15, 0.2) is 27.2 Å². The van der Waals surface area contributed by atoms with Crippen LogP contribution in [0.3, 0.4) is 0 Å². The van der Waals surface area contributed by atoms with Crippen LogP contribution in [0.4, 0.5) is 0 Å². The summed E-state index contributed by atoms with van der Waals surface area (Å²) in [5.41, 5.74) is 7.69. The third-order valence-electron chi connectivity index (χ3n) is 2.83. The van der Waals surface area contributed by atoms with Gasteiger partial charge in [0.05, 0.1) is 0 Å². The molecule has 2 rings (SSSR count). The van der Waals surface area contributed by atoms with Crippen LogP contribution in [-0.4, -0.2) is 16.7 Å². The summed E-state index contributed by atoms with van der Waals surface area (Å²) in [6, 6.07) is 6.02. The molecule has 0 radical (unpaired) electrons. The molecule has 18 heavy (non-hydrogen) atoms. The molecular weight excluding hydrogens is 294 g/mol. The largest absolute Gasteiger partial charge is 0.339 e. The van der Waals surface area contributed by atoms with E-state index >= 15 is 0 Å². The maximum absolute atomic E-state index is 5.59. The molecule has 5 heteroatoms. The SMILES string of the molecule is Cc1ccc(Br)cc1-c1noc(CC(C)CN)n1. The molecule has 0 saturated carbocycles. The topological polar surface area (TPSA) is 64.9 Å². The van der Waals surface area contributed by atoms with Crippen LogP contribution in [0, 0.1) is 12.8 Å². The number of aryl methyl sites for hydroxylation is 1. The van der Waals surface area contributed by atoms with Gasteiger partial charge in [-0.2, -0.15) is 4.98 Å². The number of rotatable bonds is 4. The molecule has 0 saturated heterocycles. The van der Waals surface area contributed by atoms with Gasteiger partial charge < -0.3 is 10.3 Å². The molecule has 96 valence electrons. The van der Waals surface area contributed by atoms with Crippen molar-refractivity contribution in [3.8, 4) is 11.4 Å². The summed E-state index contributed by atoms with van der Waals surface area (Å²) in [6.45, 7) is 4.71. The first kappa shape index (κ1) is 13.2. The Hall–Kier alpha value is -1.20. The molecule has 0 amide bonds. The first-order valence-electron chi connectivity index (χ1n) is 5.89. The van der Waals surface area contributed by atoms with Crippen molar-refractivity contribution in [3.63, 3.8) is 0 Å². The van der Waals surface area contributed by atoms with Gasteiger partial charge in [-0.05, 0) is 37.1 Å². The Balaban J connectivity index is 2.26. The van der Waals surface area contributed by atoms with E-state index in [2.05, 4.69) is 33.0 Å². The van der Waals surface area contributed by atoms with Gasteiger partial charge in [-0.25, -0.2) is 0 Å². The molecular formula is C13H16BrN3O. The average molecular weight is 310 g/mol. The van der Waals surface area contributed by atoms with E-state index in [-0.39, 0.29) is 0 Å². The second-order valence-electron chi connectivity index (χ2n) is 4.52. The van der Waals surface area contributed by atoms with Gasteiger partial charge in [-0.1, -0.05) is 34.1 Å². The molecule has 1 atom stereocenters. The van der Waals surface area contributed by atoms with Crippen LogP contribution in [0.2, 0.25) is 0 Å². The summed E-state index contributed by atoms with van der Waals surface area (Å²) in [5.74, 6) is 1.62. The molecule has 0 bridgehead atoms. The minimum atomic E-state index is 0.349. The predicted octanol–water partition coefficient (Wildman–Crippen LogP) is 2.94. The van der Waals surface area contributed by atoms with Gasteiger partial charge in [-0.15, -0.1) is 0 Å². The van der Waals surface area contributed by atoms with Crippen LogP contribution in [-0.2, 0) is 6.42 Å². The number of nitrogens with zero attached hydrogens (tertiary/aromatic N) is 2. The number of hydrogen-bond acceptors (Lipinski definition) is 4. The van der Waals surface area contributed by atoms with E-state index in [1.54, 1.807) is 0 Å². The van der Waals surface area contributed by atoms with Crippen LogP contribution in [0.1, 0.15) is 18.4 Å². The Kier molecular flexibility index (Phi) is 4.14. The molecule has 0 spiro atoms. The zero-order valence-corrected chi connectivity index (χ0v) is 12.1. The van der Waals surface area contributed by atoms with E-state index in [1.165, 1.54) is 0 Å². The Morgan fingerprint density at radius 3 is 2.94 bits per heavy atom. The highest BCUT2D eigenvalue weighted by Gasteiger charge is 2.13. The van der Waals surface area contributed by atoms with E-state index in [0.29, 0.717) is 24.2 Å². The summed E-state index contributed by atoms with van der Waals surface area (Å²) in [7, 11) is 0. The summed E-state index contributed by atoms with van der Waals surface area (Å²) in [5, 5.41) is 4.03. The van der Waals surface area contributed by atoms with E-state index in [4.69, 9.17) is 10.3 Å². The van der Waals surface area contributed by atoms with Crippen LogP contribution in [0.25, 0.3) is 11.4 Å². The standard InChI is InChI=1S/C13H16BrN3O/c1-8(7-15)5-12-16-13(17-18-12)11-6-10(14)4-3-9(11)2/h3-4,6,8H,5,7,15H2,1-2H3. The quantitative estimate of drug-likeness (QED) is 0.943. The normalized spacial score (nSPS) is 12.7. The Labute approximate surface area is 115 Å². The minimum absolute atomic E-state index is 0.349. The first-order chi connectivity index (χ1) is 8.60. The fraction of sp³-hybridized carbons (Fsp3) is 0.385. The lowest BCUT2D eigenvalue weighted by molar-refractivity contribution is 0.359. The maximum atomic E-state index is 5.59. The molecule has 0 aliphatic heterocycles. The van der Waals surface area contributed by atoms with Gasteiger partial charge in [0.1, 0.15) is 0 Å². The predicted molar refractivity (Wildman–Crippen MR) is 74.1 cm³/mol. The molecule has 1 heterocycles. The highest BCUT2D eigenvalue weighted by Crippen LogP contribution is 2.24. The molecule has 0 aliphatic carbocycles. The molecule has 4 nitrogen and oxygen atoms in total. The van der Waals surface area contributed by atoms with Crippen molar-refractivity contribution >= 4 is 15.9 Å². The second kappa shape index (κ2) is 5.63. The molecule has 0 aliphatic rings. The van der Waals surface area contributed by atoms with Gasteiger partial charge in [0.25, 0.3) is 0 Å². The van der Waals surface area contributed by atoms with Crippen LogP contribution >= 0.6 is 15.9 Å². The van der Waals surface area contributed by atoms with Gasteiger partial charge in [-0.3, -0.25) is 0 Å². The van der Waals surface area contributed by atoms with Crippen LogP contribution < -0.4 is 5.73 Å². The summed E-state index contributed by atoms with van der Waals surface area (Å²) in [4.78, 5) is 4.42. The van der Waals surface area contributed by atoms with Gasteiger partial charge in [0.2, 0.25) is 11.7 Å². The van der Waals surface area contributed by atoms with Gasteiger partial charge >= 0.3 is 0 Å². The summed E-state index contributed by atoms with van der Waals surface area (Å²) >= 11 is 3.45. The zero-order chi connectivity index (χ0) is 13.1. The third kappa shape index (κ3) is 2.97. The molecule has 1 unspecified atom stereocenters.